The molecule has 0 saturated carbocycles. The molecular formula is C12H20N2O. The van der Waals surface area contributed by atoms with Crippen molar-refractivity contribution in [2.75, 3.05) is 5.73 Å². The van der Waals surface area contributed by atoms with Crippen molar-refractivity contribution in [3.8, 4) is 0 Å². The highest BCUT2D eigenvalue weighted by molar-refractivity contribution is 5.42. The number of aliphatic hydroxyl groups is 1. The van der Waals surface area contributed by atoms with Crippen molar-refractivity contribution < 1.29 is 5.11 Å². The van der Waals surface area contributed by atoms with Crippen molar-refractivity contribution in [3.63, 3.8) is 0 Å². The molecule has 0 spiro atoms. The Morgan fingerprint density at radius 2 is 2.20 bits per heavy atom. The van der Waals surface area contributed by atoms with Crippen molar-refractivity contribution in [2.45, 2.75) is 45.6 Å². The predicted octanol–water partition coefficient (Wildman–Crippen LogP) is 2.59. The first-order valence-electron chi connectivity index (χ1n) is 5.55. The number of aliphatic hydroxyl groups excluding tert-OH is 1. The summed E-state index contributed by atoms with van der Waals surface area (Å²) in [6, 6.07) is 1.92. The van der Waals surface area contributed by atoms with Gasteiger partial charge < -0.3 is 10.8 Å². The van der Waals surface area contributed by atoms with Crippen molar-refractivity contribution in [3.05, 3.63) is 23.4 Å². The van der Waals surface area contributed by atoms with Gasteiger partial charge in [-0.3, -0.25) is 0 Å². The maximum absolute atomic E-state index is 9.93. The van der Waals surface area contributed by atoms with E-state index in [0.29, 0.717) is 5.82 Å². The molecule has 15 heavy (non-hydrogen) atoms. The molecule has 0 radical (unpaired) electrons. The molecule has 0 aliphatic carbocycles. The number of aryl methyl sites for hydroxylation is 1. The Hall–Kier alpha value is -1.09. The second-order valence-corrected chi connectivity index (χ2v) is 4.00. The van der Waals surface area contributed by atoms with E-state index in [4.69, 9.17) is 5.73 Å². The zero-order chi connectivity index (χ0) is 11.3. The molecule has 1 aromatic heterocycles. The molecule has 1 unspecified atom stereocenters. The van der Waals surface area contributed by atoms with E-state index in [0.717, 1.165) is 36.8 Å². The van der Waals surface area contributed by atoms with E-state index in [1.807, 2.05) is 13.0 Å². The van der Waals surface area contributed by atoms with Gasteiger partial charge in [-0.2, -0.15) is 0 Å². The minimum atomic E-state index is -0.469. The standard InChI is InChI=1S/C12H20N2O/c1-3-4-5-6-11(15)10-7-9(2)8-14-12(10)13/h7-8,11,15H,3-6H2,1-2H3,(H2,13,14). The number of hydrogen-bond donors (Lipinski definition) is 2. The van der Waals surface area contributed by atoms with Crippen LogP contribution in [-0.2, 0) is 0 Å². The van der Waals surface area contributed by atoms with E-state index in [1.54, 1.807) is 6.20 Å². The average molecular weight is 208 g/mol. The Balaban J connectivity index is 2.64. The highest BCUT2D eigenvalue weighted by atomic mass is 16.3. The van der Waals surface area contributed by atoms with Crippen LogP contribution >= 0.6 is 0 Å². The number of rotatable bonds is 5. The van der Waals surface area contributed by atoms with E-state index >= 15 is 0 Å². The monoisotopic (exact) mass is 208 g/mol. The van der Waals surface area contributed by atoms with Crippen LogP contribution < -0.4 is 5.73 Å². The minimum absolute atomic E-state index is 0.449. The number of pyridine rings is 1. The lowest BCUT2D eigenvalue weighted by atomic mass is 10.0. The summed E-state index contributed by atoms with van der Waals surface area (Å²) in [5.41, 5.74) is 7.53. The van der Waals surface area contributed by atoms with Crippen LogP contribution in [0.3, 0.4) is 0 Å². The lowest BCUT2D eigenvalue weighted by molar-refractivity contribution is 0.164. The van der Waals surface area contributed by atoms with Gasteiger partial charge in [0.05, 0.1) is 6.10 Å². The van der Waals surface area contributed by atoms with Crippen LogP contribution in [0, 0.1) is 6.92 Å². The highest BCUT2D eigenvalue weighted by Crippen LogP contribution is 2.24. The van der Waals surface area contributed by atoms with Crippen LogP contribution in [-0.4, -0.2) is 10.1 Å². The van der Waals surface area contributed by atoms with E-state index < -0.39 is 6.10 Å². The third kappa shape index (κ3) is 3.51. The fourth-order valence-corrected chi connectivity index (χ4v) is 1.61. The van der Waals surface area contributed by atoms with Gasteiger partial charge in [0.1, 0.15) is 5.82 Å². The van der Waals surface area contributed by atoms with E-state index in [2.05, 4.69) is 11.9 Å². The normalized spacial score (nSPS) is 12.7. The summed E-state index contributed by atoms with van der Waals surface area (Å²) in [5.74, 6) is 0.449. The molecule has 1 heterocycles. The van der Waals surface area contributed by atoms with E-state index in [1.165, 1.54) is 0 Å². The van der Waals surface area contributed by atoms with E-state index in [9.17, 15) is 5.11 Å². The number of unbranched alkanes of at least 4 members (excludes halogenated alkanes) is 2. The van der Waals surface area contributed by atoms with Crippen LogP contribution in [0.4, 0.5) is 5.82 Å². The summed E-state index contributed by atoms with van der Waals surface area (Å²) in [7, 11) is 0. The van der Waals surface area contributed by atoms with Crippen LogP contribution in [0.15, 0.2) is 12.3 Å². The number of nitrogen functional groups attached to an aromatic ring is 1. The Morgan fingerprint density at radius 1 is 1.47 bits per heavy atom. The summed E-state index contributed by atoms with van der Waals surface area (Å²) >= 11 is 0. The van der Waals surface area contributed by atoms with Crippen LogP contribution in [0.25, 0.3) is 0 Å². The zero-order valence-electron chi connectivity index (χ0n) is 9.53. The maximum Gasteiger partial charge on any atom is 0.129 e. The molecule has 1 atom stereocenters. The molecule has 0 bridgehead atoms. The molecular weight excluding hydrogens is 188 g/mol. The average Bonchev–Trinajstić information content (AvgIpc) is 2.22. The number of nitrogens with two attached hydrogens (primary N) is 1. The Kier molecular flexibility index (Phi) is 4.56. The van der Waals surface area contributed by atoms with Crippen molar-refractivity contribution in [1.29, 1.82) is 0 Å². The Morgan fingerprint density at radius 3 is 2.87 bits per heavy atom. The van der Waals surface area contributed by atoms with Crippen LogP contribution in [0.5, 0.6) is 0 Å². The SMILES string of the molecule is CCCCCC(O)c1cc(C)cnc1N. The third-order valence-electron chi connectivity index (χ3n) is 2.53. The van der Waals surface area contributed by atoms with Gasteiger partial charge in [-0.25, -0.2) is 4.98 Å². The van der Waals surface area contributed by atoms with Gasteiger partial charge in [0.25, 0.3) is 0 Å². The van der Waals surface area contributed by atoms with Crippen LogP contribution in [0.1, 0.15) is 49.8 Å². The molecule has 0 aliphatic rings. The third-order valence-corrected chi connectivity index (χ3v) is 2.53. The lowest BCUT2D eigenvalue weighted by Gasteiger charge is -2.13. The van der Waals surface area contributed by atoms with Crippen molar-refractivity contribution >= 4 is 5.82 Å². The van der Waals surface area contributed by atoms with Crippen LogP contribution in [0.2, 0.25) is 0 Å². The second kappa shape index (κ2) is 5.71. The molecule has 0 amide bonds. The Bertz CT molecular complexity index is 312. The van der Waals surface area contributed by atoms with Gasteiger partial charge in [0.15, 0.2) is 0 Å². The molecule has 3 heteroatoms. The first kappa shape index (κ1) is 12.0. The molecule has 1 aromatic rings. The number of nitrogens with zero attached hydrogens (tertiary/aromatic N) is 1. The Labute approximate surface area is 91.3 Å². The molecule has 0 saturated heterocycles. The molecule has 3 nitrogen and oxygen atoms in total. The number of anilines is 1. The molecule has 1 rings (SSSR count). The van der Waals surface area contributed by atoms with Gasteiger partial charge >= 0.3 is 0 Å². The maximum atomic E-state index is 9.93. The van der Waals surface area contributed by atoms with E-state index in [-0.39, 0.29) is 0 Å². The fraction of sp³-hybridized carbons (Fsp3) is 0.583. The van der Waals surface area contributed by atoms with Crippen molar-refractivity contribution in [2.24, 2.45) is 0 Å². The number of hydrogen-bond acceptors (Lipinski definition) is 3. The topological polar surface area (TPSA) is 59.1 Å². The predicted molar refractivity (Wildman–Crippen MR) is 62.5 cm³/mol. The summed E-state index contributed by atoms with van der Waals surface area (Å²) in [6.45, 7) is 4.10. The molecule has 0 aromatic carbocycles. The summed E-state index contributed by atoms with van der Waals surface area (Å²) in [5, 5.41) is 9.93. The minimum Gasteiger partial charge on any atom is -0.388 e. The fourth-order valence-electron chi connectivity index (χ4n) is 1.61. The lowest BCUT2D eigenvalue weighted by Crippen LogP contribution is -2.04. The van der Waals surface area contributed by atoms with Gasteiger partial charge in [-0.1, -0.05) is 26.2 Å². The summed E-state index contributed by atoms with van der Waals surface area (Å²) < 4.78 is 0. The first-order chi connectivity index (χ1) is 7.15. The smallest absolute Gasteiger partial charge is 0.129 e. The van der Waals surface area contributed by atoms with Crippen molar-refractivity contribution in [1.82, 2.24) is 4.98 Å². The van der Waals surface area contributed by atoms with Gasteiger partial charge in [0.2, 0.25) is 0 Å². The van der Waals surface area contributed by atoms with Gasteiger partial charge in [-0.15, -0.1) is 0 Å². The molecule has 84 valence electrons. The number of aromatic nitrogens is 1. The molecule has 3 N–H and O–H groups in total. The first-order valence-corrected chi connectivity index (χ1v) is 5.55. The summed E-state index contributed by atoms with van der Waals surface area (Å²) in [4.78, 5) is 4.05. The van der Waals surface area contributed by atoms with Gasteiger partial charge in [-0.05, 0) is 25.0 Å². The summed E-state index contributed by atoms with van der Waals surface area (Å²) in [6.07, 6.45) is 5.36. The largest absolute Gasteiger partial charge is 0.388 e. The zero-order valence-corrected chi connectivity index (χ0v) is 9.53. The quantitative estimate of drug-likeness (QED) is 0.731. The highest BCUT2D eigenvalue weighted by Gasteiger charge is 2.11. The van der Waals surface area contributed by atoms with Gasteiger partial charge in [0, 0.05) is 11.8 Å². The molecule has 0 aliphatic heterocycles. The second-order valence-electron chi connectivity index (χ2n) is 4.00. The molecule has 0 fully saturated rings.